The van der Waals surface area contributed by atoms with Gasteiger partial charge in [-0.1, -0.05) is 56.1 Å². The van der Waals surface area contributed by atoms with Crippen LogP contribution in [-0.2, 0) is 4.79 Å². The van der Waals surface area contributed by atoms with Gasteiger partial charge < -0.3 is 0 Å². The molecule has 0 amide bonds. The molecule has 0 N–H and O–H groups in total. The summed E-state index contributed by atoms with van der Waals surface area (Å²) in [5, 5.41) is 0.908. The molecule has 0 bridgehead atoms. The summed E-state index contributed by atoms with van der Waals surface area (Å²) in [5.74, 6) is -0.0656. The SMILES string of the molecule is CC(C)(C)C(=O)/C(Cl)=C\c1ccc(Cl)cc1. The Morgan fingerprint density at radius 1 is 1.19 bits per heavy atom. The van der Waals surface area contributed by atoms with Gasteiger partial charge in [-0.2, -0.15) is 0 Å². The van der Waals surface area contributed by atoms with E-state index in [1.54, 1.807) is 18.2 Å². The van der Waals surface area contributed by atoms with E-state index in [0.717, 1.165) is 5.56 Å². The molecule has 1 rings (SSSR count). The molecule has 0 saturated carbocycles. The second kappa shape index (κ2) is 5.03. The number of hydrogen-bond donors (Lipinski definition) is 0. The highest BCUT2D eigenvalue weighted by molar-refractivity contribution is 6.45. The predicted octanol–water partition coefficient (Wildman–Crippen LogP) is 4.53. The molecule has 0 spiro atoms. The lowest BCUT2D eigenvalue weighted by molar-refractivity contribution is -0.121. The van der Waals surface area contributed by atoms with Gasteiger partial charge in [-0.05, 0) is 23.8 Å². The molecule has 0 aliphatic rings. The zero-order valence-corrected chi connectivity index (χ0v) is 11.1. The van der Waals surface area contributed by atoms with Crippen LogP contribution >= 0.6 is 23.2 Å². The fraction of sp³-hybridized carbons (Fsp3) is 0.308. The molecule has 0 heterocycles. The van der Waals surface area contributed by atoms with Crippen molar-refractivity contribution in [2.75, 3.05) is 0 Å². The molecule has 0 saturated heterocycles. The average Bonchev–Trinajstić information content (AvgIpc) is 2.19. The summed E-state index contributed by atoms with van der Waals surface area (Å²) in [4.78, 5) is 11.8. The fourth-order valence-electron chi connectivity index (χ4n) is 1.13. The molecule has 86 valence electrons. The second-order valence-corrected chi connectivity index (χ2v) is 5.47. The van der Waals surface area contributed by atoms with Crippen molar-refractivity contribution in [1.29, 1.82) is 0 Å². The van der Waals surface area contributed by atoms with Crippen molar-refractivity contribution in [2.24, 2.45) is 5.41 Å². The molecule has 0 aromatic heterocycles. The maximum Gasteiger partial charge on any atom is 0.179 e. The summed E-state index contributed by atoms with van der Waals surface area (Å²) in [6, 6.07) is 7.17. The standard InChI is InChI=1S/C13H14Cl2O/c1-13(2,3)12(16)11(15)8-9-4-6-10(14)7-5-9/h4-8H,1-3H3/b11-8+. The number of Topliss-reactive ketones (excluding diaryl/α,β-unsaturated/α-hetero) is 1. The number of rotatable bonds is 2. The van der Waals surface area contributed by atoms with Crippen LogP contribution < -0.4 is 0 Å². The first-order valence-corrected chi connectivity index (χ1v) is 5.74. The highest BCUT2D eigenvalue weighted by Gasteiger charge is 2.23. The molecule has 0 aliphatic carbocycles. The van der Waals surface area contributed by atoms with Gasteiger partial charge >= 0.3 is 0 Å². The Kier molecular flexibility index (Phi) is 4.17. The second-order valence-electron chi connectivity index (χ2n) is 4.62. The zero-order chi connectivity index (χ0) is 12.3. The molecular formula is C13H14Cl2O. The van der Waals surface area contributed by atoms with E-state index in [4.69, 9.17) is 23.2 Å². The van der Waals surface area contributed by atoms with Crippen molar-refractivity contribution in [3.8, 4) is 0 Å². The van der Waals surface area contributed by atoms with E-state index >= 15 is 0 Å². The number of allylic oxidation sites excluding steroid dienone is 1. The Labute approximate surface area is 106 Å². The van der Waals surface area contributed by atoms with Crippen molar-refractivity contribution in [1.82, 2.24) is 0 Å². The third-order valence-corrected chi connectivity index (χ3v) is 2.59. The van der Waals surface area contributed by atoms with E-state index in [1.165, 1.54) is 0 Å². The van der Waals surface area contributed by atoms with Crippen LogP contribution in [0.2, 0.25) is 5.02 Å². The Hall–Kier alpha value is -0.790. The van der Waals surface area contributed by atoms with Crippen LogP contribution in [-0.4, -0.2) is 5.78 Å². The Morgan fingerprint density at radius 2 is 1.69 bits per heavy atom. The van der Waals surface area contributed by atoms with Gasteiger partial charge in [-0.15, -0.1) is 0 Å². The summed E-state index contributed by atoms with van der Waals surface area (Å²) in [6.07, 6.45) is 1.66. The lowest BCUT2D eigenvalue weighted by Crippen LogP contribution is -2.19. The number of benzene rings is 1. The molecule has 3 heteroatoms. The first-order valence-electron chi connectivity index (χ1n) is 4.98. The molecule has 0 fully saturated rings. The van der Waals surface area contributed by atoms with Gasteiger partial charge in [0.15, 0.2) is 5.78 Å². The minimum Gasteiger partial charge on any atom is -0.293 e. The van der Waals surface area contributed by atoms with Crippen molar-refractivity contribution in [3.05, 3.63) is 39.9 Å². The van der Waals surface area contributed by atoms with E-state index in [1.807, 2.05) is 32.9 Å². The Balaban J connectivity index is 2.93. The molecule has 0 atom stereocenters. The third-order valence-electron chi connectivity index (χ3n) is 2.06. The molecule has 1 aromatic rings. The van der Waals surface area contributed by atoms with Gasteiger partial charge in [-0.25, -0.2) is 0 Å². The van der Waals surface area contributed by atoms with Crippen LogP contribution in [0.4, 0.5) is 0 Å². The van der Waals surface area contributed by atoms with E-state index < -0.39 is 5.41 Å². The molecular weight excluding hydrogens is 243 g/mol. The number of carbonyl (C=O) groups excluding carboxylic acids is 1. The van der Waals surface area contributed by atoms with E-state index in [-0.39, 0.29) is 10.8 Å². The summed E-state index contributed by atoms with van der Waals surface area (Å²) in [5.41, 5.74) is 0.409. The monoisotopic (exact) mass is 256 g/mol. The van der Waals surface area contributed by atoms with Gasteiger partial charge in [0, 0.05) is 10.4 Å². The van der Waals surface area contributed by atoms with Gasteiger partial charge in [-0.3, -0.25) is 4.79 Å². The first kappa shape index (κ1) is 13.3. The van der Waals surface area contributed by atoms with Crippen molar-refractivity contribution >= 4 is 35.1 Å². The van der Waals surface area contributed by atoms with Gasteiger partial charge in [0.2, 0.25) is 0 Å². The third kappa shape index (κ3) is 3.66. The zero-order valence-electron chi connectivity index (χ0n) is 9.55. The van der Waals surface area contributed by atoms with Crippen molar-refractivity contribution in [2.45, 2.75) is 20.8 Å². The van der Waals surface area contributed by atoms with Crippen LogP contribution in [0.3, 0.4) is 0 Å². The maximum atomic E-state index is 11.8. The molecule has 16 heavy (non-hydrogen) atoms. The van der Waals surface area contributed by atoms with Gasteiger partial charge in [0.25, 0.3) is 0 Å². The van der Waals surface area contributed by atoms with E-state index in [9.17, 15) is 4.79 Å². The number of carbonyl (C=O) groups is 1. The first-order chi connectivity index (χ1) is 7.30. The number of ketones is 1. The predicted molar refractivity (Wildman–Crippen MR) is 69.7 cm³/mol. The molecule has 0 aliphatic heterocycles. The van der Waals surface area contributed by atoms with Gasteiger partial charge in [0.05, 0.1) is 5.03 Å². The smallest absolute Gasteiger partial charge is 0.179 e. The highest BCUT2D eigenvalue weighted by Crippen LogP contribution is 2.24. The minimum atomic E-state index is -0.458. The summed E-state index contributed by atoms with van der Waals surface area (Å²) >= 11 is 11.7. The van der Waals surface area contributed by atoms with Crippen molar-refractivity contribution < 1.29 is 4.79 Å². The van der Waals surface area contributed by atoms with E-state index in [0.29, 0.717) is 5.02 Å². The average molecular weight is 257 g/mol. The molecule has 1 aromatic carbocycles. The highest BCUT2D eigenvalue weighted by atomic mass is 35.5. The van der Waals surface area contributed by atoms with E-state index in [2.05, 4.69) is 0 Å². The topological polar surface area (TPSA) is 17.1 Å². The largest absolute Gasteiger partial charge is 0.293 e. The van der Waals surface area contributed by atoms with Crippen LogP contribution in [0, 0.1) is 5.41 Å². The lowest BCUT2D eigenvalue weighted by Gasteiger charge is -2.15. The van der Waals surface area contributed by atoms with Crippen LogP contribution in [0.15, 0.2) is 29.3 Å². The maximum absolute atomic E-state index is 11.8. The lowest BCUT2D eigenvalue weighted by atomic mass is 9.90. The summed E-state index contributed by atoms with van der Waals surface area (Å²) in [7, 11) is 0. The normalized spacial score (nSPS) is 12.7. The Morgan fingerprint density at radius 3 is 2.12 bits per heavy atom. The number of halogens is 2. The Bertz CT molecular complexity index is 411. The van der Waals surface area contributed by atoms with Gasteiger partial charge in [0.1, 0.15) is 0 Å². The van der Waals surface area contributed by atoms with Crippen LogP contribution in [0.25, 0.3) is 6.08 Å². The van der Waals surface area contributed by atoms with Crippen LogP contribution in [0.1, 0.15) is 26.3 Å². The molecule has 1 nitrogen and oxygen atoms in total. The molecule has 0 unspecified atom stereocenters. The summed E-state index contributed by atoms with van der Waals surface area (Å²) in [6.45, 7) is 5.52. The quantitative estimate of drug-likeness (QED) is 0.711. The summed E-state index contributed by atoms with van der Waals surface area (Å²) < 4.78 is 0. The van der Waals surface area contributed by atoms with Crippen molar-refractivity contribution in [3.63, 3.8) is 0 Å². The number of hydrogen-bond acceptors (Lipinski definition) is 1. The van der Waals surface area contributed by atoms with Crippen LogP contribution in [0.5, 0.6) is 0 Å². The fourth-order valence-corrected chi connectivity index (χ4v) is 1.66. The minimum absolute atomic E-state index is 0.0656. The molecule has 0 radical (unpaired) electrons.